The van der Waals surface area contributed by atoms with Crippen molar-refractivity contribution in [3.8, 4) is 11.8 Å². The fourth-order valence-corrected chi connectivity index (χ4v) is 1.24. The van der Waals surface area contributed by atoms with Crippen molar-refractivity contribution in [2.45, 2.75) is 0 Å². The van der Waals surface area contributed by atoms with Crippen LogP contribution < -0.4 is 5.69 Å². The molecule has 5 nitrogen and oxygen atoms in total. The van der Waals surface area contributed by atoms with Gasteiger partial charge in [-0.15, -0.1) is 0 Å². The number of H-pyrrole nitrogens is 1. The maximum absolute atomic E-state index is 13.2. The molecular weight excluding hydrogens is 199 g/mol. The smallest absolute Gasteiger partial charge is 0.248 e. The monoisotopic (exact) mass is 204 g/mol. The van der Waals surface area contributed by atoms with Crippen molar-refractivity contribution in [1.82, 2.24) is 14.8 Å². The van der Waals surface area contributed by atoms with Gasteiger partial charge in [-0.05, 0) is 12.1 Å². The summed E-state index contributed by atoms with van der Waals surface area (Å²) in [5.41, 5.74) is -0.519. The molecule has 0 aliphatic rings. The van der Waals surface area contributed by atoms with Gasteiger partial charge >= 0.3 is 5.69 Å². The van der Waals surface area contributed by atoms with Gasteiger partial charge in [0.1, 0.15) is 23.8 Å². The number of aromatic amines is 1. The molecule has 0 aliphatic carbocycles. The van der Waals surface area contributed by atoms with Gasteiger partial charge in [0.05, 0.1) is 5.69 Å². The minimum atomic E-state index is -0.664. The summed E-state index contributed by atoms with van der Waals surface area (Å²) in [4.78, 5) is 11.2. The van der Waals surface area contributed by atoms with E-state index in [1.807, 2.05) is 0 Å². The maximum atomic E-state index is 13.2. The van der Waals surface area contributed by atoms with Gasteiger partial charge in [-0.25, -0.2) is 18.9 Å². The lowest BCUT2D eigenvalue weighted by molar-refractivity contribution is 0.622. The molecule has 1 aromatic heterocycles. The molecule has 1 heterocycles. The van der Waals surface area contributed by atoms with E-state index >= 15 is 0 Å². The molecule has 1 N–H and O–H groups in total. The number of aromatic nitrogens is 3. The van der Waals surface area contributed by atoms with Crippen LogP contribution in [0.2, 0.25) is 0 Å². The number of nitriles is 1. The van der Waals surface area contributed by atoms with E-state index < -0.39 is 11.5 Å². The second-order valence-corrected chi connectivity index (χ2v) is 2.78. The van der Waals surface area contributed by atoms with Crippen molar-refractivity contribution in [2.75, 3.05) is 0 Å². The zero-order chi connectivity index (χ0) is 10.8. The highest BCUT2D eigenvalue weighted by molar-refractivity contribution is 5.49. The van der Waals surface area contributed by atoms with Gasteiger partial charge in [0.25, 0.3) is 0 Å². The molecule has 0 saturated carbocycles. The van der Waals surface area contributed by atoms with Gasteiger partial charge in [-0.2, -0.15) is 10.4 Å². The number of hydrogen-bond acceptors (Lipinski definition) is 3. The van der Waals surface area contributed by atoms with Crippen LogP contribution in [0.5, 0.6) is 0 Å². The lowest BCUT2D eigenvalue weighted by atomic mass is 10.2. The first-order chi connectivity index (χ1) is 7.24. The van der Waals surface area contributed by atoms with Crippen LogP contribution in [-0.2, 0) is 0 Å². The Bertz CT molecular complexity index is 593. The molecule has 6 heteroatoms. The lowest BCUT2D eigenvalue weighted by Crippen LogP contribution is -2.15. The maximum Gasteiger partial charge on any atom is 0.347 e. The summed E-state index contributed by atoms with van der Waals surface area (Å²) in [6.45, 7) is 0. The average molecular weight is 204 g/mol. The SMILES string of the molecule is N#Cc1c(F)cccc1-n1cn[nH]c1=O. The second-order valence-electron chi connectivity index (χ2n) is 2.78. The summed E-state index contributed by atoms with van der Waals surface area (Å²) in [6, 6.07) is 5.76. The van der Waals surface area contributed by atoms with Crippen molar-refractivity contribution >= 4 is 0 Å². The first-order valence-corrected chi connectivity index (χ1v) is 4.05. The third kappa shape index (κ3) is 1.40. The predicted molar refractivity (Wildman–Crippen MR) is 48.9 cm³/mol. The Morgan fingerprint density at radius 1 is 1.53 bits per heavy atom. The summed E-state index contributed by atoms with van der Waals surface area (Å²) >= 11 is 0. The van der Waals surface area contributed by atoms with Gasteiger partial charge in [-0.1, -0.05) is 6.07 Å². The van der Waals surface area contributed by atoms with Crippen LogP contribution in [0.15, 0.2) is 29.3 Å². The van der Waals surface area contributed by atoms with Crippen LogP contribution in [0, 0.1) is 17.1 Å². The molecule has 0 saturated heterocycles. The van der Waals surface area contributed by atoms with Gasteiger partial charge < -0.3 is 0 Å². The van der Waals surface area contributed by atoms with Crippen LogP contribution in [0.25, 0.3) is 5.69 Å². The molecular formula is C9H5FN4O. The predicted octanol–water partition coefficient (Wildman–Crippen LogP) is 0.571. The van der Waals surface area contributed by atoms with Crippen molar-refractivity contribution in [2.24, 2.45) is 0 Å². The van der Waals surface area contributed by atoms with E-state index in [4.69, 9.17) is 5.26 Å². The molecule has 0 amide bonds. The van der Waals surface area contributed by atoms with Crippen molar-refractivity contribution in [1.29, 1.82) is 5.26 Å². The molecule has 0 unspecified atom stereocenters. The summed E-state index contributed by atoms with van der Waals surface area (Å²) in [6.07, 6.45) is 1.19. The Balaban J connectivity index is 2.75. The fourth-order valence-electron chi connectivity index (χ4n) is 1.24. The number of rotatable bonds is 1. The van der Waals surface area contributed by atoms with Crippen LogP contribution in [0.4, 0.5) is 4.39 Å². The lowest BCUT2D eigenvalue weighted by Gasteiger charge is -2.02. The number of benzene rings is 1. The molecule has 2 aromatic rings. The first kappa shape index (κ1) is 9.15. The van der Waals surface area contributed by atoms with Crippen LogP contribution in [0.1, 0.15) is 5.56 Å². The Morgan fingerprint density at radius 2 is 2.33 bits per heavy atom. The van der Waals surface area contributed by atoms with Gasteiger partial charge in [0.15, 0.2) is 0 Å². The Morgan fingerprint density at radius 3 is 2.93 bits per heavy atom. The first-order valence-electron chi connectivity index (χ1n) is 4.05. The van der Waals surface area contributed by atoms with E-state index in [2.05, 4.69) is 10.2 Å². The van der Waals surface area contributed by atoms with E-state index in [9.17, 15) is 9.18 Å². The van der Waals surface area contributed by atoms with E-state index in [0.717, 1.165) is 10.6 Å². The van der Waals surface area contributed by atoms with E-state index in [0.29, 0.717) is 0 Å². The minimum Gasteiger partial charge on any atom is -0.248 e. The summed E-state index contributed by atoms with van der Waals surface area (Å²) in [5, 5.41) is 14.4. The van der Waals surface area contributed by atoms with Crippen molar-refractivity contribution in [3.05, 3.63) is 46.4 Å². The zero-order valence-corrected chi connectivity index (χ0v) is 7.44. The van der Waals surface area contributed by atoms with E-state index in [1.165, 1.54) is 18.5 Å². The highest BCUT2D eigenvalue weighted by Crippen LogP contribution is 2.14. The quantitative estimate of drug-likeness (QED) is 0.737. The Kier molecular flexibility index (Phi) is 2.06. The molecule has 2 rings (SSSR count). The van der Waals surface area contributed by atoms with Crippen molar-refractivity contribution < 1.29 is 4.39 Å². The van der Waals surface area contributed by atoms with Gasteiger partial charge in [0, 0.05) is 0 Å². The summed E-state index contributed by atoms with van der Waals surface area (Å²) < 4.78 is 14.3. The van der Waals surface area contributed by atoms with Gasteiger partial charge in [-0.3, -0.25) is 0 Å². The largest absolute Gasteiger partial charge is 0.347 e. The van der Waals surface area contributed by atoms with E-state index in [-0.39, 0.29) is 11.3 Å². The normalized spacial score (nSPS) is 9.87. The number of nitrogens with one attached hydrogen (secondary N) is 1. The molecule has 0 bridgehead atoms. The molecule has 0 spiro atoms. The van der Waals surface area contributed by atoms with Crippen molar-refractivity contribution in [3.63, 3.8) is 0 Å². The molecule has 1 aromatic carbocycles. The molecule has 74 valence electrons. The minimum absolute atomic E-state index is 0.177. The Hall–Kier alpha value is -2.42. The Labute approximate surface area is 83.4 Å². The van der Waals surface area contributed by atoms with Crippen LogP contribution >= 0.6 is 0 Å². The number of nitrogens with zero attached hydrogens (tertiary/aromatic N) is 3. The highest BCUT2D eigenvalue weighted by Gasteiger charge is 2.10. The average Bonchev–Trinajstić information content (AvgIpc) is 2.64. The highest BCUT2D eigenvalue weighted by atomic mass is 19.1. The van der Waals surface area contributed by atoms with Crippen LogP contribution in [-0.4, -0.2) is 14.8 Å². The fraction of sp³-hybridized carbons (Fsp3) is 0. The standard InChI is InChI=1S/C9H5FN4O/c10-7-2-1-3-8(6(7)4-11)14-5-12-13-9(14)15/h1-3,5H,(H,13,15). The third-order valence-corrected chi connectivity index (χ3v) is 1.92. The summed E-state index contributed by atoms with van der Waals surface area (Å²) in [5.74, 6) is -0.664. The molecule has 0 aliphatic heterocycles. The van der Waals surface area contributed by atoms with E-state index in [1.54, 1.807) is 6.07 Å². The number of halogens is 1. The number of hydrogen-bond donors (Lipinski definition) is 1. The second kappa shape index (κ2) is 3.38. The van der Waals surface area contributed by atoms with Gasteiger partial charge in [0.2, 0.25) is 0 Å². The molecule has 0 fully saturated rings. The topological polar surface area (TPSA) is 74.5 Å². The third-order valence-electron chi connectivity index (χ3n) is 1.92. The van der Waals surface area contributed by atoms with Crippen LogP contribution in [0.3, 0.4) is 0 Å². The molecule has 0 atom stereocenters. The zero-order valence-electron chi connectivity index (χ0n) is 7.44. The molecule has 15 heavy (non-hydrogen) atoms. The summed E-state index contributed by atoms with van der Waals surface area (Å²) in [7, 11) is 0. The molecule has 0 radical (unpaired) electrons.